The fourth-order valence-corrected chi connectivity index (χ4v) is 9.47. The van der Waals surface area contributed by atoms with Crippen molar-refractivity contribution < 1.29 is 13.6 Å². The zero-order valence-corrected chi connectivity index (χ0v) is 21.2. The number of carbonyl (C=O) groups excluding carboxylic acids is 1. The molecule has 2 radical (unpaired) electrons. The lowest BCUT2D eigenvalue weighted by Crippen LogP contribution is -2.69. The van der Waals surface area contributed by atoms with Gasteiger partial charge in [-0.15, -0.1) is 0 Å². The first-order valence-electron chi connectivity index (χ1n) is 11.3. The third-order valence-corrected chi connectivity index (χ3v) is 11.7. The van der Waals surface area contributed by atoms with Crippen molar-refractivity contribution in [2.24, 2.45) is 5.41 Å². The molecule has 32 heavy (non-hydrogen) atoms. The second-order valence-corrected chi connectivity index (χ2v) is 13.2. The standard InChI is InChI=1S/C27H32O3Si2/c1-4-27(2,3)26(28)29-21-14-22-31-30-32(23-15-8-5-9-16-23,24-17-10-6-11-18-24)25-19-12-7-13-20-25/h5-13,15-20H,4,14,21-22H2,1-3H3. The Morgan fingerprint density at radius 2 is 1.25 bits per heavy atom. The van der Waals surface area contributed by atoms with Crippen molar-refractivity contribution in [1.29, 1.82) is 0 Å². The second-order valence-electron chi connectivity index (χ2n) is 8.50. The summed E-state index contributed by atoms with van der Waals surface area (Å²) in [5, 5.41) is 3.71. The van der Waals surface area contributed by atoms with E-state index in [0.29, 0.717) is 16.4 Å². The van der Waals surface area contributed by atoms with E-state index in [2.05, 4.69) is 72.8 Å². The molecule has 0 atom stereocenters. The third kappa shape index (κ3) is 5.65. The van der Waals surface area contributed by atoms with Crippen LogP contribution in [0.1, 0.15) is 33.6 Å². The zero-order chi connectivity index (χ0) is 22.9. The molecule has 0 aliphatic rings. The molecule has 0 saturated carbocycles. The lowest BCUT2D eigenvalue weighted by Gasteiger charge is -2.33. The van der Waals surface area contributed by atoms with E-state index in [4.69, 9.17) is 8.85 Å². The fourth-order valence-electron chi connectivity index (χ4n) is 3.50. The summed E-state index contributed by atoms with van der Waals surface area (Å²) in [6.07, 6.45) is 1.57. The van der Waals surface area contributed by atoms with E-state index in [9.17, 15) is 4.79 Å². The van der Waals surface area contributed by atoms with Gasteiger partial charge in [-0.1, -0.05) is 97.9 Å². The largest absolute Gasteiger partial charge is 0.465 e. The van der Waals surface area contributed by atoms with Crippen LogP contribution in [0.15, 0.2) is 91.0 Å². The SMILES string of the molecule is CCC(C)(C)C(=O)OCCC[Si]O[Si](c1ccccc1)(c1ccccc1)c1ccccc1. The lowest BCUT2D eigenvalue weighted by atomic mass is 9.91. The Hall–Kier alpha value is -2.48. The highest BCUT2D eigenvalue weighted by Gasteiger charge is 2.41. The highest BCUT2D eigenvalue weighted by molar-refractivity contribution is 7.08. The van der Waals surface area contributed by atoms with Crippen LogP contribution in [0.2, 0.25) is 6.04 Å². The van der Waals surface area contributed by atoms with Crippen LogP contribution < -0.4 is 15.6 Å². The molecule has 0 unspecified atom stereocenters. The topological polar surface area (TPSA) is 35.5 Å². The molecule has 0 saturated heterocycles. The summed E-state index contributed by atoms with van der Waals surface area (Å²) >= 11 is 0. The van der Waals surface area contributed by atoms with Gasteiger partial charge in [0.05, 0.1) is 12.0 Å². The van der Waals surface area contributed by atoms with E-state index in [-0.39, 0.29) is 5.97 Å². The highest BCUT2D eigenvalue weighted by Crippen LogP contribution is 2.21. The molecule has 0 aliphatic heterocycles. The molecule has 0 bridgehead atoms. The smallest absolute Gasteiger partial charge is 0.311 e. The van der Waals surface area contributed by atoms with Gasteiger partial charge in [-0.05, 0) is 48.3 Å². The van der Waals surface area contributed by atoms with E-state index < -0.39 is 13.7 Å². The van der Waals surface area contributed by atoms with E-state index in [1.165, 1.54) is 15.6 Å². The van der Waals surface area contributed by atoms with E-state index >= 15 is 0 Å². The molecular formula is C27H32O3Si2. The Bertz CT molecular complexity index is 863. The molecule has 0 N–H and O–H groups in total. The normalized spacial score (nSPS) is 11.8. The molecule has 0 fully saturated rings. The first kappa shape index (κ1) is 24.2. The molecule has 0 heterocycles. The van der Waals surface area contributed by atoms with Crippen molar-refractivity contribution >= 4 is 39.6 Å². The van der Waals surface area contributed by atoms with Crippen molar-refractivity contribution in [3.63, 3.8) is 0 Å². The minimum absolute atomic E-state index is 0.120. The molecule has 0 aliphatic carbocycles. The molecule has 3 aromatic carbocycles. The summed E-state index contributed by atoms with van der Waals surface area (Å²) in [5.41, 5.74) is -0.422. The van der Waals surface area contributed by atoms with Crippen LogP contribution in [-0.4, -0.2) is 30.7 Å². The third-order valence-electron chi connectivity index (χ3n) is 5.86. The first-order chi connectivity index (χ1) is 15.5. The van der Waals surface area contributed by atoms with Gasteiger partial charge in [0.1, 0.15) is 0 Å². The molecule has 3 nitrogen and oxygen atoms in total. The van der Waals surface area contributed by atoms with Crippen LogP contribution in [-0.2, 0) is 13.6 Å². The summed E-state index contributed by atoms with van der Waals surface area (Å²) in [4.78, 5) is 12.2. The number of ether oxygens (including phenoxy) is 1. The van der Waals surface area contributed by atoms with Crippen molar-refractivity contribution in [3.8, 4) is 0 Å². The van der Waals surface area contributed by atoms with Crippen LogP contribution in [0.5, 0.6) is 0 Å². The van der Waals surface area contributed by atoms with Crippen LogP contribution in [0.3, 0.4) is 0 Å². The highest BCUT2D eigenvalue weighted by atomic mass is 28.4. The lowest BCUT2D eigenvalue weighted by molar-refractivity contribution is -0.154. The molecular weight excluding hydrogens is 428 g/mol. The Morgan fingerprint density at radius 3 is 1.66 bits per heavy atom. The maximum absolute atomic E-state index is 12.2. The summed E-state index contributed by atoms with van der Waals surface area (Å²) in [5.74, 6) is -0.120. The molecule has 0 amide bonds. The van der Waals surface area contributed by atoms with Crippen LogP contribution in [0, 0.1) is 5.41 Å². The van der Waals surface area contributed by atoms with Gasteiger partial charge in [0.2, 0.25) is 9.76 Å². The summed E-state index contributed by atoms with van der Waals surface area (Å²) in [6, 6.07) is 32.6. The van der Waals surface area contributed by atoms with Crippen molar-refractivity contribution in [2.75, 3.05) is 6.61 Å². The number of hydrogen-bond acceptors (Lipinski definition) is 3. The predicted octanol–water partition coefficient (Wildman–Crippen LogP) is 4.08. The van der Waals surface area contributed by atoms with Crippen molar-refractivity contribution in [1.82, 2.24) is 0 Å². The Labute approximate surface area is 195 Å². The number of rotatable bonds is 11. The number of benzene rings is 3. The maximum atomic E-state index is 12.2. The van der Waals surface area contributed by atoms with Gasteiger partial charge in [0, 0.05) is 0 Å². The van der Waals surface area contributed by atoms with E-state index in [1.807, 2.05) is 39.0 Å². The van der Waals surface area contributed by atoms with Crippen molar-refractivity contribution in [2.45, 2.75) is 39.7 Å². The van der Waals surface area contributed by atoms with Crippen LogP contribution in [0.25, 0.3) is 0 Å². The summed E-state index contributed by atoms with van der Waals surface area (Å²) < 4.78 is 12.4. The minimum atomic E-state index is -2.64. The minimum Gasteiger partial charge on any atom is -0.465 e. The quantitative estimate of drug-likeness (QED) is 0.187. The number of hydrogen-bond donors (Lipinski definition) is 0. The maximum Gasteiger partial charge on any atom is 0.311 e. The Balaban J connectivity index is 1.78. The molecule has 3 rings (SSSR count). The molecule has 0 spiro atoms. The first-order valence-corrected chi connectivity index (χ1v) is 14.3. The van der Waals surface area contributed by atoms with Gasteiger partial charge >= 0.3 is 5.97 Å². The van der Waals surface area contributed by atoms with Gasteiger partial charge in [-0.2, -0.15) is 0 Å². The molecule has 3 aromatic rings. The van der Waals surface area contributed by atoms with Crippen LogP contribution in [0.4, 0.5) is 0 Å². The van der Waals surface area contributed by atoms with Crippen LogP contribution >= 0.6 is 0 Å². The summed E-state index contributed by atoms with van der Waals surface area (Å²) in [7, 11) is -2.32. The number of carbonyl (C=O) groups is 1. The fraction of sp³-hybridized carbons (Fsp3) is 0.296. The monoisotopic (exact) mass is 460 g/mol. The Kier molecular flexibility index (Phi) is 8.62. The Morgan fingerprint density at radius 1 is 0.812 bits per heavy atom. The predicted molar refractivity (Wildman–Crippen MR) is 135 cm³/mol. The average Bonchev–Trinajstić information content (AvgIpc) is 2.85. The molecule has 166 valence electrons. The average molecular weight is 461 g/mol. The van der Waals surface area contributed by atoms with Gasteiger partial charge in [0.25, 0.3) is 8.32 Å². The summed E-state index contributed by atoms with van der Waals surface area (Å²) in [6.45, 7) is 6.31. The number of esters is 1. The van der Waals surface area contributed by atoms with E-state index in [0.717, 1.165) is 18.9 Å². The molecule has 0 aromatic heterocycles. The van der Waals surface area contributed by atoms with Gasteiger partial charge in [-0.3, -0.25) is 4.79 Å². The second kappa shape index (κ2) is 11.4. The van der Waals surface area contributed by atoms with Gasteiger partial charge in [0.15, 0.2) is 0 Å². The molecule has 5 heteroatoms. The van der Waals surface area contributed by atoms with Gasteiger partial charge < -0.3 is 8.85 Å². The van der Waals surface area contributed by atoms with Crippen molar-refractivity contribution in [3.05, 3.63) is 91.0 Å². The van der Waals surface area contributed by atoms with Gasteiger partial charge in [-0.25, -0.2) is 0 Å². The zero-order valence-electron chi connectivity index (χ0n) is 19.2. The van der Waals surface area contributed by atoms with E-state index in [1.54, 1.807) is 0 Å².